The van der Waals surface area contributed by atoms with E-state index in [1.165, 1.54) is 0 Å². The summed E-state index contributed by atoms with van der Waals surface area (Å²) in [6, 6.07) is 19.9. The number of hydrogen-bond donors (Lipinski definition) is 1. The summed E-state index contributed by atoms with van der Waals surface area (Å²) in [6.45, 7) is 4.49. The molecule has 0 saturated carbocycles. The molecule has 25 heavy (non-hydrogen) atoms. The monoisotopic (exact) mass is 333 g/mol. The maximum Gasteiger partial charge on any atom is 0.230 e. The Balaban J connectivity index is 1.56. The van der Waals surface area contributed by atoms with Gasteiger partial charge in [-0.2, -0.15) is 5.10 Å². The number of nitrogens with zero attached hydrogens (tertiary/aromatic N) is 2. The largest absolute Gasteiger partial charge is 0.355 e. The van der Waals surface area contributed by atoms with Crippen LogP contribution in [0.4, 0.5) is 0 Å². The van der Waals surface area contributed by atoms with E-state index in [0.717, 1.165) is 23.2 Å². The van der Waals surface area contributed by atoms with Crippen molar-refractivity contribution in [2.75, 3.05) is 6.54 Å². The smallest absolute Gasteiger partial charge is 0.230 e. The molecular formula is C21H23N3O. The van der Waals surface area contributed by atoms with Gasteiger partial charge in [-0.1, -0.05) is 48.5 Å². The van der Waals surface area contributed by atoms with Crippen LogP contribution in [0.2, 0.25) is 0 Å². The van der Waals surface area contributed by atoms with Crippen molar-refractivity contribution in [1.82, 2.24) is 15.1 Å². The minimum Gasteiger partial charge on any atom is -0.355 e. The highest BCUT2D eigenvalue weighted by molar-refractivity contribution is 5.87. The lowest BCUT2D eigenvalue weighted by atomic mass is 9.84. The maximum absolute atomic E-state index is 12.6. The van der Waals surface area contributed by atoms with Crippen molar-refractivity contribution in [2.45, 2.75) is 25.7 Å². The fourth-order valence-electron chi connectivity index (χ4n) is 2.74. The molecule has 4 nitrogen and oxygen atoms in total. The van der Waals surface area contributed by atoms with Gasteiger partial charge in [0.15, 0.2) is 0 Å². The van der Waals surface area contributed by atoms with Crippen LogP contribution >= 0.6 is 0 Å². The number of aromatic nitrogens is 2. The van der Waals surface area contributed by atoms with Crippen molar-refractivity contribution in [3.63, 3.8) is 0 Å². The van der Waals surface area contributed by atoms with Gasteiger partial charge < -0.3 is 5.32 Å². The lowest BCUT2D eigenvalue weighted by Gasteiger charge is -2.24. The molecule has 1 aromatic heterocycles. The Labute approximate surface area is 148 Å². The summed E-state index contributed by atoms with van der Waals surface area (Å²) < 4.78 is 1.85. The van der Waals surface area contributed by atoms with Crippen molar-refractivity contribution in [3.05, 3.63) is 84.2 Å². The number of rotatable bonds is 6. The Bertz CT molecular complexity index is 823. The summed E-state index contributed by atoms with van der Waals surface area (Å²) in [6.07, 6.45) is 4.61. The van der Waals surface area contributed by atoms with Crippen molar-refractivity contribution in [2.24, 2.45) is 0 Å². The quantitative estimate of drug-likeness (QED) is 0.750. The van der Waals surface area contributed by atoms with E-state index in [9.17, 15) is 4.79 Å². The average molecular weight is 333 g/mol. The average Bonchev–Trinajstić information content (AvgIpc) is 3.12. The molecule has 0 aliphatic carbocycles. The molecule has 0 unspecified atom stereocenters. The number of amides is 1. The number of benzene rings is 2. The molecule has 1 amide bonds. The van der Waals surface area contributed by atoms with E-state index < -0.39 is 5.41 Å². The van der Waals surface area contributed by atoms with Crippen LogP contribution in [-0.4, -0.2) is 22.2 Å². The van der Waals surface area contributed by atoms with E-state index >= 15 is 0 Å². The van der Waals surface area contributed by atoms with E-state index in [2.05, 4.69) is 10.4 Å². The van der Waals surface area contributed by atoms with Crippen molar-refractivity contribution in [1.29, 1.82) is 0 Å². The number of hydrogen-bond acceptors (Lipinski definition) is 2. The van der Waals surface area contributed by atoms with Gasteiger partial charge in [0.2, 0.25) is 5.91 Å². The van der Waals surface area contributed by atoms with Gasteiger partial charge in [0.1, 0.15) is 0 Å². The van der Waals surface area contributed by atoms with Crippen molar-refractivity contribution < 1.29 is 4.79 Å². The van der Waals surface area contributed by atoms with E-state index in [0.29, 0.717) is 6.54 Å². The zero-order valence-corrected chi connectivity index (χ0v) is 14.6. The summed E-state index contributed by atoms with van der Waals surface area (Å²) in [5.41, 5.74) is 2.60. The van der Waals surface area contributed by atoms with Gasteiger partial charge in [-0.05, 0) is 43.5 Å². The first-order chi connectivity index (χ1) is 12.1. The lowest BCUT2D eigenvalue weighted by molar-refractivity contribution is -0.125. The first-order valence-electron chi connectivity index (χ1n) is 8.50. The molecule has 0 bridgehead atoms. The highest BCUT2D eigenvalue weighted by Gasteiger charge is 2.29. The van der Waals surface area contributed by atoms with Gasteiger partial charge in [-0.3, -0.25) is 4.79 Å². The Hall–Kier alpha value is -2.88. The maximum atomic E-state index is 12.6. The first-order valence-corrected chi connectivity index (χ1v) is 8.50. The molecule has 4 heteroatoms. The molecule has 1 N–H and O–H groups in total. The molecule has 3 rings (SSSR count). The van der Waals surface area contributed by atoms with E-state index in [1.807, 2.05) is 91.6 Å². The van der Waals surface area contributed by atoms with Crippen LogP contribution in [0.3, 0.4) is 0 Å². The summed E-state index contributed by atoms with van der Waals surface area (Å²) in [5.74, 6) is 0.0363. The third-order valence-corrected chi connectivity index (χ3v) is 4.42. The molecule has 0 radical (unpaired) electrons. The van der Waals surface area contributed by atoms with E-state index in [-0.39, 0.29) is 5.91 Å². The Morgan fingerprint density at radius 1 is 1.04 bits per heavy atom. The standard InChI is InChI=1S/C21H23N3O/c1-21(2,18-9-5-3-6-10-18)20(25)22-14-13-17-15-23-24(16-17)19-11-7-4-8-12-19/h3-12,15-16H,13-14H2,1-2H3,(H,22,25). The molecule has 0 aliphatic rings. The molecule has 3 aromatic rings. The lowest BCUT2D eigenvalue weighted by Crippen LogP contribution is -2.40. The highest BCUT2D eigenvalue weighted by Crippen LogP contribution is 2.22. The summed E-state index contributed by atoms with van der Waals surface area (Å²) in [7, 11) is 0. The molecule has 1 heterocycles. The van der Waals surface area contributed by atoms with Crippen molar-refractivity contribution >= 4 is 5.91 Å². The molecule has 128 valence electrons. The second kappa shape index (κ2) is 7.34. The van der Waals surface area contributed by atoms with Crippen LogP contribution in [0.15, 0.2) is 73.1 Å². The Kier molecular flexibility index (Phi) is 4.98. The van der Waals surface area contributed by atoms with Gasteiger partial charge >= 0.3 is 0 Å². The Morgan fingerprint density at radius 2 is 1.68 bits per heavy atom. The normalized spacial score (nSPS) is 11.3. The van der Waals surface area contributed by atoms with Crippen LogP contribution < -0.4 is 5.32 Å². The number of carbonyl (C=O) groups is 1. The zero-order chi connectivity index (χ0) is 17.7. The zero-order valence-electron chi connectivity index (χ0n) is 14.6. The second-order valence-electron chi connectivity index (χ2n) is 6.63. The van der Waals surface area contributed by atoms with E-state index in [4.69, 9.17) is 0 Å². The molecule has 0 atom stereocenters. The fraction of sp³-hybridized carbons (Fsp3) is 0.238. The molecular weight excluding hydrogens is 310 g/mol. The molecule has 2 aromatic carbocycles. The predicted octanol–water partition coefficient (Wildman–Crippen LogP) is 3.51. The molecule has 0 fully saturated rings. The molecule has 0 aliphatic heterocycles. The second-order valence-corrected chi connectivity index (χ2v) is 6.63. The summed E-state index contributed by atoms with van der Waals surface area (Å²) >= 11 is 0. The molecule has 0 spiro atoms. The van der Waals surface area contributed by atoms with Crippen LogP contribution in [0.5, 0.6) is 0 Å². The minimum atomic E-state index is -0.546. The van der Waals surface area contributed by atoms with Gasteiger partial charge in [0.05, 0.1) is 17.3 Å². The van der Waals surface area contributed by atoms with Gasteiger partial charge in [-0.15, -0.1) is 0 Å². The summed E-state index contributed by atoms with van der Waals surface area (Å²) in [5, 5.41) is 7.43. The van der Waals surface area contributed by atoms with Crippen LogP contribution in [0.25, 0.3) is 5.69 Å². The van der Waals surface area contributed by atoms with Crippen LogP contribution in [0, 0.1) is 0 Å². The number of para-hydroxylation sites is 1. The topological polar surface area (TPSA) is 46.9 Å². The van der Waals surface area contributed by atoms with Crippen molar-refractivity contribution in [3.8, 4) is 5.69 Å². The number of nitrogens with one attached hydrogen (secondary N) is 1. The summed E-state index contributed by atoms with van der Waals surface area (Å²) in [4.78, 5) is 12.6. The van der Waals surface area contributed by atoms with Gasteiger partial charge in [0, 0.05) is 12.7 Å². The van der Waals surface area contributed by atoms with Gasteiger partial charge in [0.25, 0.3) is 0 Å². The minimum absolute atomic E-state index is 0.0363. The Morgan fingerprint density at radius 3 is 2.36 bits per heavy atom. The third kappa shape index (κ3) is 3.97. The van der Waals surface area contributed by atoms with Gasteiger partial charge in [-0.25, -0.2) is 4.68 Å². The molecule has 0 saturated heterocycles. The first kappa shape index (κ1) is 17.0. The number of carbonyl (C=O) groups excluding carboxylic acids is 1. The van der Waals surface area contributed by atoms with Crippen LogP contribution in [0.1, 0.15) is 25.0 Å². The van der Waals surface area contributed by atoms with E-state index in [1.54, 1.807) is 0 Å². The fourth-order valence-corrected chi connectivity index (χ4v) is 2.74. The third-order valence-electron chi connectivity index (χ3n) is 4.42. The van der Waals surface area contributed by atoms with Crippen LogP contribution in [-0.2, 0) is 16.6 Å². The highest BCUT2D eigenvalue weighted by atomic mass is 16.2. The SMILES string of the molecule is CC(C)(C(=O)NCCc1cnn(-c2ccccc2)c1)c1ccccc1. The predicted molar refractivity (Wildman–Crippen MR) is 99.7 cm³/mol.